The zero-order chi connectivity index (χ0) is 21.9. The minimum Gasteiger partial charge on any atom is -0.468 e. The summed E-state index contributed by atoms with van der Waals surface area (Å²) in [4.78, 5) is 30.5. The Morgan fingerprint density at radius 1 is 1.30 bits per heavy atom. The first kappa shape index (κ1) is 21.0. The Bertz CT molecular complexity index is 1070. The number of carbonyl (C=O) groups excluding carboxylic acids is 1. The maximum Gasteiger partial charge on any atom is 0.422 e. The number of alkyl halides is 3. The summed E-state index contributed by atoms with van der Waals surface area (Å²) in [5, 5.41) is 14.1. The van der Waals surface area contributed by atoms with Crippen LogP contribution >= 0.6 is 0 Å². The number of amides is 1. The third-order valence-electron chi connectivity index (χ3n) is 4.12. The average molecular weight is 423 g/mol. The lowest BCUT2D eigenvalue weighted by molar-refractivity contribution is -0.383. The number of nitrogens with zero attached hydrogens (tertiary/aromatic N) is 4. The Hall–Kier alpha value is -3.70. The van der Waals surface area contributed by atoms with Crippen LogP contribution in [-0.4, -0.2) is 38.1 Å². The number of rotatable bonds is 7. The second-order valence-corrected chi connectivity index (χ2v) is 6.39. The predicted octanol–water partition coefficient (Wildman–Crippen LogP) is 3.16. The van der Waals surface area contributed by atoms with E-state index < -0.39 is 23.7 Å². The smallest absolute Gasteiger partial charge is 0.422 e. The number of aromatic nitrogens is 3. The van der Waals surface area contributed by atoms with Gasteiger partial charge in [-0.3, -0.25) is 14.9 Å². The van der Waals surface area contributed by atoms with Crippen LogP contribution in [0.3, 0.4) is 0 Å². The zero-order valence-corrected chi connectivity index (χ0v) is 15.6. The fourth-order valence-electron chi connectivity index (χ4n) is 2.91. The van der Waals surface area contributed by atoms with E-state index in [1.54, 1.807) is 6.07 Å². The summed E-state index contributed by atoms with van der Waals surface area (Å²) in [6.07, 6.45) is -1.79. The lowest BCUT2D eigenvalue weighted by Crippen LogP contribution is -2.29. The molecule has 0 saturated heterocycles. The third-order valence-corrected chi connectivity index (χ3v) is 4.12. The average Bonchev–Trinajstić information content (AvgIpc) is 3.08. The lowest BCUT2D eigenvalue weighted by atomic mass is 10.1. The van der Waals surface area contributed by atoms with Gasteiger partial charge in [0.05, 0.1) is 22.8 Å². The summed E-state index contributed by atoms with van der Waals surface area (Å²) in [5.74, 6) is -0.585. The molecule has 3 rings (SSSR count). The molecule has 2 heterocycles. The number of imidazole rings is 1. The van der Waals surface area contributed by atoms with Crippen molar-refractivity contribution in [1.29, 1.82) is 0 Å². The molecule has 30 heavy (non-hydrogen) atoms. The molecule has 0 aliphatic carbocycles. The van der Waals surface area contributed by atoms with Crippen molar-refractivity contribution in [3.63, 3.8) is 0 Å². The topological polar surface area (TPSA) is 112 Å². The molecule has 12 heteroatoms. The number of carbonyl (C=O) groups is 1. The second kappa shape index (κ2) is 8.35. The summed E-state index contributed by atoms with van der Waals surface area (Å²) in [7, 11) is 0. The van der Waals surface area contributed by atoms with Crippen LogP contribution in [0.4, 0.5) is 18.9 Å². The molecule has 1 unspecified atom stereocenters. The lowest BCUT2D eigenvalue weighted by Gasteiger charge is -2.19. The van der Waals surface area contributed by atoms with Gasteiger partial charge in [0.1, 0.15) is 5.52 Å². The zero-order valence-electron chi connectivity index (χ0n) is 15.6. The molecule has 1 atom stereocenters. The van der Waals surface area contributed by atoms with Crippen LogP contribution in [0.25, 0.3) is 11.0 Å². The van der Waals surface area contributed by atoms with E-state index in [2.05, 4.69) is 20.0 Å². The van der Waals surface area contributed by atoms with Crippen LogP contribution in [-0.2, 0) is 11.3 Å². The maximum atomic E-state index is 12.3. The number of para-hydroxylation sites is 1. The molecule has 0 aliphatic rings. The first-order valence-electron chi connectivity index (χ1n) is 8.65. The van der Waals surface area contributed by atoms with E-state index in [9.17, 15) is 28.1 Å². The summed E-state index contributed by atoms with van der Waals surface area (Å²) in [6.45, 7) is -0.0831. The Balaban J connectivity index is 1.88. The molecular weight excluding hydrogens is 407 g/mol. The van der Waals surface area contributed by atoms with Gasteiger partial charge in [-0.05, 0) is 17.7 Å². The Labute approximate surface area is 167 Å². The molecule has 0 radical (unpaired) electrons. The maximum absolute atomic E-state index is 12.3. The van der Waals surface area contributed by atoms with Gasteiger partial charge in [-0.25, -0.2) is 9.97 Å². The minimum absolute atomic E-state index is 0.0887. The summed E-state index contributed by atoms with van der Waals surface area (Å²) in [6, 6.07) is 6.55. The predicted molar refractivity (Wildman–Crippen MR) is 98.7 cm³/mol. The standard InChI is InChI=1S/C18H16F3N5O4/c1-11(27)24-14(12-5-6-16(22-7-12)30-9-18(19,20)21)8-25-10-23-13-3-2-4-15(17(13)25)26(28)29/h2-7,10,14H,8-9H2,1H3,(H,24,27). The van der Waals surface area contributed by atoms with Crippen LogP contribution in [0.1, 0.15) is 18.5 Å². The van der Waals surface area contributed by atoms with Crippen molar-refractivity contribution in [1.82, 2.24) is 19.9 Å². The number of nitro benzene ring substituents is 1. The largest absolute Gasteiger partial charge is 0.468 e. The Morgan fingerprint density at radius 2 is 2.07 bits per heavy atom. The van der Waals surface area contributed by atoms with Crippen LogP contribution in [0.2, 0.25) is 0 Å². The van der Waals surface area contributed by atoms with E-state index in [1.165, 1.54) is 48.3 Å². The number of benzene rings is 1. The number of pyridine rings is 1. The molecular formula is C18H16F3N5O4. The van der Waals surface area contributed by atoms with Gasteiger partial charge in [0.15, 0.2) is 6.61 Å². The quantitative estimate of drug-likeness (QED) is 0.462. The molecule has 0 aliphatic heterocycles. The molecule has 3 aromatic rings. The Kier molecular flexibility index (Phi) is 5.85. The number of hydrogen-bond acceptors (Lipinski definition) is 6. The second-order valence-electron chi connectivity index (χ2n) is 6.39. The highest BCUT2D eigenvalue weighted by Crippen LogP contribution is 2.27. The number of non-ortho nitro benzene ring substituents is 1. The van der Waals surface area contributed by atoms with E-state index in [4.69, 9.17) is 0 Å². The molecule has 1 amide bonds. The number of halogens is 3. The van der Waals surface area contributed by atoms with Gasteiger partial charge >= 0.3 is 6.18 Å². The van der Waals surface area contributed by atoms with Gasteiger partial charge < -0.3 is 14.6 Å². The number of fused-ring (bicyclic) bond motifs is 1. The molecule has 0 saturated carbocycles. The summed E-state index contributed by atoms with van der Waals surface area (Å²) < 4.78 is 42.9. The van der Waals surface area contributed by atoms with Crippen LogP contribution in [0.5, 0.6) is 5.88 Å². The molecule has 9 nitrogen and oxygen atoms in total. The first-order chi connectivity index (χ1) is 14.1. The highest BCUT2D eigenvalue weighted by atomic mass is 19.4. The molecule has 2 aromatic heterocycles. The van der Waals surface area contributed by atoms with Gasteiger partial charge in [0.25, 0.3) is 5.69 Å². The van der Waals surface area contributed by atoms with E-state index >= 15 is 0 Å². The third kappa shape index (κ3) is 5.01. The van der Waals surface area contributed by atoms with Crippen LogP contribution in [0, 0.1) is 10.1 Å². The van der Waals surface area contributed by atoms with Crippen molar-refractivity contribution in [2.45, 2.75) is 25.7 Å². The van der Waals surface area contributed by atoms with Gasteiger partial charge in [-0.15, -0.1) is 0 Å². The molecule has 158 valence electrons. The van der Waals surface area contributed by atoms with Crippen molar-refractivity contribution >= 4 is 22.6 Å². The highest BCUT2D eigenvalue weighted by molar-refractivity contribution is 5.84. The van der Waals surface area contributed by atoms with Crippen molar-refractivity contribution in [3.8, 4) is 5.88 Å². The van der Waals surface area contributed by atoms with Crippen LogP contribution in [0.15, 0.2) is 42.9 Å². The summed E-state index contributed by atoms with van der Waals surface area (Å²) in [5.41, 5.74) is 1.04. The Morgan fingerprint density at radius 3 is 2.67 bits per heavy atom. The normalized spacial score (nSPS) is 12.5. The molecule has 0 fully saturated rings. The van der Waals surface area contributed by atoms with E-state index in [0.717, 1.165) is 0 Å². The van der Waals surface area contributed by atoms with Gasteiger partial charge in [0, 0.05) is 31.8 Å². The van der Waals surface area contributed by atoms with Crippen LogP contribution < -0.4 is 10.1 Å². The van der Waals surface area contributed by atoms with Crippen molar-refractivity contribution in [2.24, 2.45) is 0 Å². The van der Waals surface area contributed by atoms with Gasteiger partial charge in [0.2, 0.25) is 11.8 Å². The van der Waals surface area contributed by atoms with Crippen molar-refractivity contribution in [3.05, 3.63) is 58.5 Å². The fourth-order valence-corrected chi connectivity index (χ4v) is 2.91. The molecule has 1 N–H and O–H groups in total. The molecule has 0 bridgehead atoms. The minimum atomic E-state index is -4.49. The van der Waals surface area contributed by atoms with Crippen molar-refractivity contribution in [2.75, 3.05) is 6.61 Å². The fraction of sp³-hybridized carbons (Fsp3) is 0.278. The molecule has 0 spiro atoms. The van der Waals surface area contributed by atoms with E-state index in [1.807, 2.05) is 0 Å². The van der Waals surface area contributed by atoms with E-state index in [-0.39, 0.29) is 29.5 Å². The number of nitro groups is 1. The van der Waals surface area contributed by atoms with E-state index in [0.29, 0.717) is 11.1 Å². The summed E-state index contributed by atoms with van der Waals surface area (Å²) >= 11 is 0. The van der Waals surface area contributed by atoms with Gasteiger partial charge in [-0.2, -0.15) is 13.2 Å². The highest BCUT2D eigenvalue weighted by Gasteiger charge is 2.28. The number of nitrogens with one attached hydrogen (secondary N) is 1. The number of ether oxygens (including phenoxy) is 1. The van der Waals surface area contributed by atoms with Crippen molar-refractivity contribution < 1.29 is 27.6 Å². The first-order valence-corrected chi connectivity index (χ1v) is 8.65. The monoisotopic (exact) mass is 423 g/mol. The molecule has 1 aromatic carbocycles. The SMILES string of the molecule is CC(=O)NC(Cn1cnc2cccc([N+](=O)[O-])c21)c1ccc(OCC(F)(F)F)nc1. The van der Waals surface area contributed by atoms with Gasteiger partial charge in [-0.1, -0.05) is 6.07 Å². The number of hydrogen-bond donors (Lipinski definition) is 1.